The molecule has 0 fully saturated rings. The van der Waals surface area contributed by atoms with Crippen molar-refractivity contribution in [2.24, 2.45) is 0 Å². The zero-order valence-electron chi connectivity index (χ0n) is 12.0. The number of ether oxygens (including phenoxy) is 1. The Labute approximate surface area is 112 Å². The highest BCUT2D eigenvalue weighted by molar-refractivity contribution is 5.66. The van der Waals surface area contributed by atoms with Crippen LogP contribution in [-0.2, 0) is 9.53 Å². The van der Waals surface area contributed by atoms with E-state index in [9.17, 15) is 4.79 Å². The van der Waals surface area contributed by atoms with Crippen molar-refractivity contribution in [1.29, 1.82) is 0 Å². The summed E-state index contributed by atoms with van der Waals surface area (Å²) in [5.74, 6) is -0.242. The Morgan fingerprint density at radius 3 is 1.94 bits per heavy atom. The summed E-state index contributed by atoms with van der Waals surface area (Å²) < 4.78 is 4.96. The Balaban J connectivity index is 3.14. The number of rotatable bonds is 11. The highest BCUT2D eigenvalue weighted by atomic mass is 16.5. The minimum Gasteiger partial charge on any atom is -0.463 e. The summed E-state index contributed by atoms with van der Waals surface area (Å²) in [5.41, 5.74) is 0. The molecule has 0 aromatic carbocycles. The van der Waals surface area contributed by atoms with Crippen molar-refractivity contribution in [2.45, 2.75) is 83.8 Å². The molecule has 0 saturated carbocycles. The molecule has 0 rings (SSSR count). The zero-order valence-corrected chi connectivity index (χ0v) is 12.0. The molecule has 107 valence electrons. The summed E-state index contributed by atoms with van der Waals surface area (Å²) in [5, 5.41) is 9.10. The molecule has 0 amide bonds. The second-order valence-electron chi connectivity index (χ2n) is 5.13. The monoisotopic (exact) mass is 257 g/mol. The van der Waals surface area contributed by atoms with Crippen LogP contribution in [0.5, 0.6) is 0 Å². The summed E-state index contributed by atoms with van der Waals surface area (Å²) in [7, 11) is 0. The van der Waals surface area contributed by atoms with Gasteiger partial charge in [0.2, 0.25) is 0 Å². The van der Waals surface area contributed by atoms with Gasteiger partial charge in [0.1, 0.15) is 6.10 Å². The summed E-state index contributed by atoms with van der Waals surface area (Å²) in [6.07, 6.45) is 9.81. The van der Waals surface area contributed by atoms with Gasteiger partial charge in [-0.15, -0.1) is 0 Å². The van der Waals surface area contributed by atoms with E-state index in [1.54, 1.807) is 0 Å². The minimum absolute atomic E-state index is 0.153. The predicted octanol–water partition coefficient (Wildman–Crippen LogP) is 3.64. The van der Waals surface area contributed by atoms with Crippen molar-refractivity contribution >= 4 is 5.97 Å². The lowest BCUT2D eigenvalue weighted by molar-refractivity contribution is -0.144. The standard InChI is InChI=1S/C15H29O3/c1-13(16)11-9-7-5-4-6-8-10-12-14(2)18-15(3)17/h13-14,16H,2,4-12H2,1,3H3. The van der Waals surface area contributed by atoms with Gasteiger partial charge in [0, 0.05) is 6.92 Å². The summed E-state index contributed by atoms with van der Waals surface area (Å²) in [4.78, 5) is 10.7. The third kappa shape index (κ3) is 13.5. The molecule has 1 N–H and O–H groups in total. The maximum absolute atomic E-state index is 10.7. The predicted molar refractivity (Wildman–Crippen MR) is 74.1 cm³/mol. The smallest absolute Gasteiger partial charge is 0.302 e. The fourth-order valence-corrected chi connectivity index (χ4v) is 1.99. The molecule has 0 spiro atoms. The van der Waals surface area contributed by atoms with Crippen LogP contribution in [0.2, 0.25) is 0 Å². The number of carbonyl (C=O) groups is 1. The molecule has 0 aliphatic rings. The van der Waals surface area contributed by atoms with Crippen LogP contribution >= 0.6 is 0 Å². The van der Waals surface area contributed by atoms with Gasteiger partial charge < -0.3 is 9.84 Å². The van der Waals surface area contributed by atoms with Crippen molar-refractivity contribution in [3.8, 4) is 0 Å². The van der Waals surface area contributed by atoms with E-state index < -0.39 is 0 Å². The first kappa shape index (κ1) is 17.4. The number of unbranched alkanes of at least 4 members (excludes halogenated alkanes) is 6. The third-order valence-electron chi connectivity index (χ3n) is 2.98. The van der Waals surface area contributed by atoms with Crippen LogP contribution in [0.4, 0.5) is 0 Å². The first-order chi connectivity index (χ1) is 8.52. The van der Waals surface area contributed by atoms with Gasteiger partial charge in [0.15, 0.2) is 0 Å². The summed E-state index contributed by atoms with van der Waals surface area (Å²) in [6.45, 7) is 7.05. The van der Waals surface area contributed by atoms with Crippen LogP contribution in [0.25, 0.3) is 0 Å². The van der Waals surface area contributed by atoms with Crippen LogP contribution in [0, 0.1) is 6.92 Å². The SMILES string of the molecule is [CH2]C(CCCCCCCCCC(C)O)OC(C)=O. The van der Waals surface area contributed by atoms with Crippen molar-refractivity contribution < 1.29 is 14.6 Å². The highest BCUT2D eigenvalue weighted by Gasteiger charge is 2.04. The number of hydrogen-bond donors (Lipinski definition) is 1. The maximum atomic E-state index is 10.7. The van der Waals surface area contributed by atoms with Crippen LogP contribution in [0.1, 0.15) is 71.6 Å². The van der Waals surface area contributed by atoms with Crippen LogP contribution < -0.4 is 0 Å². The van der Waals surface area contributed by atoms with Crippen LogP contribution in [0.15, 0.2) is 0 Å². The Bertz CT molecular complexity index is 202. The average Bonchev–Trinajstić information content (AvgIpc) is 2.25. The molecule has 0 heterocycles. The van der Waals surface area contributed by atoms with Gasteiger partial charge in [0.05, 0.1) is 6.10 Å². The first-order valence-electron chi connectivity index (χ1n) is 7.20. The minimum atomic E-state index is -0.242. The number of hydrogen-bond acceptors (Lipinski definition) is 3. The van der Waals surface area contributed by atoms with Crippen LogP contribution in [0.3, 0.4) is 0 Å². The molecule has 18 heavy (non-hydrogen) atoms. The average molecular weight is 257 g/mol. The molecule has 2 atom stereocenters. The fourth-order valence-electron chi connectivity index (χ4n) is 1.99. The molecular formula is C15H29O3. The Morgan fingerprint density at radius 1 is 1.06 bits per heavy atom. The molecule has 0 aliphatic heterocycles. The maximum Gasteiger partial charge on any atom is 0.302 e. The van der Waals surface area contributed by atoms with E-state index in [0.29, 0.717) is 0 Å². The van der Waals surface area contributed by atoms with Crippen molar-refractivity contribution in [1.82, 2.24) is 0 Å². The third-order valence-corrected chi connectivity index (χ3v) is 2.98. The molecular weight excluding hydrogens is 228 g/mol. The molecule has 2 unspecified atom stereocenters. The van der Waals surface area contributed by atoms with Crippen molar-refractivity contribution in [3.63, 3.8) is 0 Å². The Morgan fingerprint density at radius 2 is 1.50 bits per heavy atom. The van der Waals surface area contributed by atoms with Crippen LogP contribution in [-0.4, -0.2) is 23.3 Å². The van der Waals surface area contributed by atoms with Gasteiger partial charge in [-0.05, 0) is 33.1 Å². The Hall–Kier alpha value is -0.570. The van der Waals surface area contributed by atoms with Gasteiger partial charge in [-0.25, -0.2) is 0 Å². The van der Waals surface area contributed by atoms with E-state index in [1.165, 1.54) is 39.0 Å². The number of aliphatic hydroxyl groups is 1. The summed E-state index contributed by atoms with van der Waals surface area (Å²) in [6, 6.07) is 0. The van der Waals surface area contributed by atoms with E-state index in [-0.39, 0.29) is 18.2 Å². The van der Waals surface area contributed by atoms with Gasteiger partial charge in [0.25, 0.3) is 0 Å². The fraction of sp³-hybridized carbons (Fsp3) is 0.867. The lowest BCUT2D eigenvalue weighted by Gasteiger charge is -2.10. The molecule has 3 nitrogen and oxygen atoms in total. The number of esters is 1. The van der Waals surface area contributed by atoms with Gasteiger partial charge in [-0.3, -0.25) is 4.79 Å². The zero-order chi connectivity index (χ0) is 13.8. The van der Waals surface area contributed by atoms with E-state index in [0.717, 1.165) is 25.7 Å². The lowest BCUT2D eigenvalue weighted by atomic mass is 10.1. The molecule has 1 radical (unpaired) electrons. The number of carbonyl (C=O) groups excluding carboxylic acids is 1. The van der Waals surface area contributed by atoms with E-state index in [1.807, 2.05) is 6.92 Å². The van der Waals surface area contributed by atoms with E-state index in [2.05, 4.69) is 6.92 Å². The number of aliphatic hydroxyl groups excluding tert-OH is 1. The molecule has 0 aromatic rings. The highest BCUT2D eigenvalue weighted by Crippen LogP contribution is 2.12. The quantitative estimate of drug-likeness (QED) is 0.454. The molecule has 3 heteroatoms. The van der Waals surface area contributed by atoms with Crippen molar-refractivity contribution in [3.05, 3.63) is 6.92 Å². The van der Waals surface area contributed by atoms with E-state index in [4.69, 9.17) is 9.84 Å². The lowest BCUT2D eigenvalue weighted by Crippen LogP contribution is -2.12. The van der Waals surface area contributed by atoms with Gasteiger partial charge in [-0.1, -0.05) is 38.5 Å². The molecule has 0 saturated heterocycles. The second-order valence-corrected chi connectivity index (χ2v) is 5.13. The summed E-state index contributed by atoms with van der Waals surface area (Å²) >= 11 is 0. The molecule has 0 aliphatic carbocycles. The normalized spacial score (nSPS) is 14.2. The topological polar surface area (TPSA) is 46.5 Å². The first-order valence-corrected chi connectivity index (χ1v) is 7.20. The van der Waals surface area contributed by atoms with Gasteiger partial charge in [-0.2, -0.15) is 0 Å². The van der Waals surface area contributed by atoms with Gasteiger partial charge >= 0.3 is 5.97 Å². The second kappa shape index (κ2) is 11.5. The molecule has 0 bridgehead atoms. The Kier molecular flexibility index (Phi) is 11.2. The molecule has 0 aromatic heterocycles. The largest absolute Gasteiger partial charge is 0.463 e. The van der Waals surface area contributed by atoms with Crippen molar-refractivity contribution in [2.75, 3.05) is 0 Å². The van der Waals surface area contributed by atoms with E-state index >= 15 is 0 Å².